The van der Waals surface area contributed by atoms with Gasteiger partial charge in [0.15, 0.2) is 15.6 Å². The van der Waals surface area contributed by atoms with Crippen LogP contribution in [-0.2, 0) is 15.9 Å². The number of piperidine rings is 1. The highest BCUT2D eigenvalue weighted by atomic mass is 28.3. The maximum absolute atomic E-state index is 13.1. The van der Waals surface area contributed by atoms with Crippen LogP contribution in [0, 0.1) is 5.92 Å². The average molecular weight is 480 g/mol. The molecule has 182 valence electrons. The van der Waals surface area contributed by atoms with Gasteiger partial charge in [0.2, 0.25) is 0 Å². The molecule has 0 unspecified atom stereocenters. The van der Waals surface area contributed by atoms with E-state index < -0.39 is 17.8 Å². The molecule has 6 nitrogen and oxygen atoms in total. The highest BCUT2D eigenvalue weighted by molar-refractivity contribution is 6.76. The molecule has 0 spiro atoms. The zero-order chi connectivity index (χ0) is 23.8. The van der Waals surface area contributed by atoms with Crippen molar-refractivity contribution in [1.82, 2.24) is 9.55 Å². The van der Waals surface area contributed by atoms with Crippen molar-refractivity contribution in [3.63, 3.8) is 0 Å². The van der Waals surface area contributed by atoms with Crippen molar-refractivity contribution in [2.45, 2.75) is 84.4 Å². The first-order valence-electron chi connectivity index (χ1n) is 12.2. The van der Waals surface area contributed by atoms with Crippen molar-refractivity contribution in [1.29, 1.82) is 0 Å². The quantitative estimate of drug-likeness (QED) is 0.326. The van der Waals surface area contributed by atoms with Crippen molar-refractivity contribution < 1.29 is 9.16 Å². The molecule has 0 N–H and O–H groups in total. The van der Waals surface area contributed by atoms with Crippen LogP contribution in [0.15, 0.2) is 17.1 Å². The summed E-state index contributed by atoms with van der Waals surface area (Å²) in [5.74, 6) is 1.17. The molecule has 2 rings (SSSR count). The molecule has 1 aromatic rings. The molecular formula is C24H45N3O3Si2. The molecule has 0 amide bonds. The second-order valence-corrected chi connectivity index (χ2v) is 19.4. The molecule has 2 heterocycles. The molecule has 1 aromatic heterocycles. The highest BCUT2D eigenvalue weighted by Gasteiger charge is 2.23. The fourth-order valence-corrected chi connectivity index (χ4v) is 5.17. The summed E-state index contributed by atoms with van der Waals surface area (Å²) < 4.78 is 13.6. The van der Waals surface area contributed by atoms with Crippen LogP contribution >= 0.6 is 0 Å². The average Bonchev–Trinajstić information content (AvgIpc) is 2.72. The van der Waals surface area contributed by atoms with Gasteiger partial charge in [0.1, 0.15) is 6.73 Å². The lowest BCUT2D eigenvalue weighted by molar-refractivity contribution is 0.0846. The summed E-state index contributed by atoms with van der Waals surface area (Å²) in [7, 11) is -1.78. The number of anilines is 1. The Morgan fingerprint density at radius 1 is 1.22 bits per heavy atom. The molecule has 0 saturated carbocycles. The molecule has 0 bridgehead atoms. The minimum atomic E-state index is -1.16. The van der Waals surface area contributed by atoms with E-state index in [-0.39, 0.29) is 17.3 Å². The number of hydrogen-bond acceptors (Lipinski definition) is 5. The first-order chi connectivity index (χ1) is 15.0. The van der Waals surface area contributed by atoms with Crippen molar-refractivity contribution in [2.75, 3.05) is 31.2 Å². The van der Waals surface area contributed by atoms with Gasteiger partial charge in [-0.15, -0.1) is 0 Å². The Morgan fingerprint density at radius 2 is 1.91 bits per heavy atom. The number of ether oxygens (including phenoxy) is 1. The largest absolute Gasteiger partial charge is 0.420 e. The van der Waals surface area contributed by atoms with E-state index in [1.165, 1.54) is 6.42 Å². The molecular weight excluding hydrogens is 434 g/mol. The zero-order valence-electron chi connectivity index (χ0n) is 21.4. The van der Waals surface area contributed by atoms with Gasteiger partial charge in [0, 0.05) is 34.0 Å². The van der Waals surface area contributed by atoms with E-state index in [2.05, 4.69) is 52.2 Å². The molecule has 0 radical (unpaired) electrons. The summed E-state index contributed by atoms with van der Waals surface area (Å²) in [4.78, 5) is 20.0. The van der Waals surface area contributed by atoms with E-state index in [1.807, 2.05) is 18.3 Å². The molecule has 1 saturated heterocycles. The first kappa shape index (κ1) is 27.0. The Hall–Kier alpha value is -1.23. The summed E-state index contributed by atoms with van der Waals surface area (Å²) in [6, 6.07) is 1.09. The van der Waals surface area contributed by atoms with Crippen LogP contribution in [0.25, 0.3) is 6.08 Å². The predicted octanol–water partition coefficient (Wildman–Crippen LogP) is 4.51. The van der Waals surface area contributed by atoms with Crippen LogP contribution in [0.1, 0.15) is 52.7 Å². The van der Waals surface area contributed by atoms with E-state index in [0.29, 0.717) is 24.9 Å². The molecule has 1 aliphatic heterocycles. The maximum Gasteiger partial charge on any atom is 0.295 e. The molecule has 1 fully saturated rings. The van der Waals surface area contributed by atoms with E-state index in [9.17, 15) is 4.79 Å². The Balaban J connectivity index is 2.10. The van der Waals surface area contributed by atoms with Gasteiger partial charge in [-0.25, -0.2) is 4.98 Å². The van der Waals surface area contributed by atoms with E-state index in [1.54, 1.807) is 4.57 Å². The van der Waals surface area contributed by atoms with Crippen molar-refractivity contribution in [2.24, 2.45) is 5.92 Å². The fraction of sp³-hybridized carbons (Fsp3) is 0.750. The number of aromatic nitrogens is 2. The van der Waals surface area contributed by atoms with Crippen molar-refractivity contribution in [3.05, 3.63) is 28.3 Å². The van der Waals surface area contributed by atoms with Gasteiger partial charge in [0.05, 0.1) is 12.3 Å². The Bertz CT molecular complexity index is 795. The standard InChI is InChI=1S/C24H45N3O3Si2/c1-20(2)24(3,4)31-30-15-11-12-21-18-27(19-29-16-17-32(5,6)7)23(28)22(25-21)26-13-9-8-10-14-26/h11-12,18,20H,8-10,13-17,19,31H2,1-7H3/b12-11+. The van der Waals surface area contributed by atoms with E-state index in [0.717, 1.165) is 37.7 Å². The second-order valence-electron chi connectivity index (χ2n) is 11.2. The minimum absolute atomic E-state index is 0.0561. The van der Waals surface area contributed by atoms with Gasteiger partial charge in [-0.3, -0.25) is 9.36 Å². The van der Waals surface area contributed by atoms with Crippen molar-refractivity contribution >= 4 is 29.7 Å². The fourth-order valence-electron chi connectivity index (χ4n) is 3.30. The normalized spacial score (nSPS) is 16.2. The Kier molecular flexibility index (Phi) is 10.4. The van der Waals surface area contributed by atoms with Crippen LogP contribution in [0.3, 0.4) is 0 Å². The van der Waals surface area contributed by atoms with Crippen LogP contribution in [0.2, 0.25) is 30.7 Å². The number of nitrogens with zero attached hydrogens (tertiary/aromatic N) is 3. The lowest BCUT2D eigenvalue weighted by Crippen LogP contribution is -2.37. The molecule has 0 aliphatic carbocycles. The summed E-state index contributed by atoms with van der Waals surface area (Å²) >= 11 is 0. The predicted molar refractivity (Wildman–Crippen MR) is 141 cm³/mol. The van der Waals surface area contributed by atoms with E-state index >= 15 is 0 Å². The molecule has 32 heavy (non-hydrogen) atoms. The van der Waals surface area contributed by atoms with Crippen LogP contribution < -0.4 is 10.5 Å². The lowest BCUT2D eigenvalue weighted by atomic mass is 9.99. The zero-order valence-corrected chi connectivity index (χ0v) is 23.9. The van der Waals surface area contributed by atoms with Gasteiger partial charge in [-0.2, -0.15) is 0 Å². The van der Waals surface area contributed by atoms with Gasteiger partial charge in [0.25, 0.3) is 5.56 Å². The molecule has 0 atom stereocenters. The van der Waals surface area contributed by atoms with Crippen molar-refractivity contribution in [3.8, 4) is 0 Å². The van der Waals surface area contributed by atoms with Gasteiger partial charge < -0.3 is 14.1 Å². The summed E-state index contributed by atoms with van der Waals surface area (Å²) in [6.07, 6.45) is 9.25. The van der Waals surface area contributed by atoms with Crippen LogP contribution in [0.4, 0.5) is 5.82 Å². The highest BCUT2D eigenvalue weighted by Crippen LogP contribution is 2.32. The SMILES string of the molecule is CC(C)C(C)(C)[SiH2]OC/C=C/c1cn(COCC[Si](C)(C)C)c(=O)c(N2CCCCC2)n1. The Morgan fingerprint density at radius 3 is 2.53 bits per heavy atom. The third-order valence-corrected chi connectivity index (χ3v) is 10.1. The minimum Gasteiger partial charge on any atom is -0.420 e. The monoisotopic (exact) mass is 479 g/mol. The summed E-state index contributed by atoms with van der Waals surface area (Å²) in [5, 5.41) is 0.286. The maximum atomic E-state index is 13.1. The van der Waals surface area contributed by atoms with Gasteiger partial charge in [-0.1, -0.05) is 53.4 Å². The summed E-state index contributed by atoms with van der Waals surface area (Å²) in [5.41, 5.74) is 0.728. The smallest absolute Gasteiger partial charge is 0.295 e. The van der Waals surface area contributed by atoms with Gasteiger partial charge in [-0.05, 0) is 42.3 Å². The van der Waals surface area contributed by atoms with Crippen LogP contribution in [0.5, 0.6) is 0 Å². The summed E-state index contributed by atoms with van der Waals surface area (Å²) in [6.45, 7) is 19.4. The third kappa shape index (κ3) is 8.96. The topological polar surface area (TPSA) is 56.6 Å². The van der Waals surface area contributed by atoms with Crippen LogP contribution in [-0.4, -0.2) is 53.7 Å². The molecule has 0 aromatic carbocycles. The molecule has 1 aliphatic rings. The Labute approximate surface area is 198 Å². The first-order valence-corrected chi connectivity index (χ1v) is 17.2. The van der Waals surface area contributed by atoms with E-state index in [4.69, 9.17) is 14.1 Å². The number of hydrogen-bond donors (Lipinski definition) is 0. The number of rotatable bonds is 12. The third-order valence-electron chi connectivity index (χ3n) is 6.40. The molecule has 8 heteroatoms. The lowest BCUT2D eigenvalue weighted by Gasteiger charge is -2.28. The second kappa shape index (κ2) is 12.3. The van der Waals surface area contributed by atoms with Gasteiger partial charge >= 0.3 is 0 Å².